The Morgan fingerprint density at radius 2 is 1.66 bits per heavy atom. The monoisotopic (exact) mass is 415 g/mol. The van der Waals surface area contributed by atoms with Gasteiger partial charge in [-0.2, -0.15) is 4.72 Å². The van der Waals surface area contributed by atoms with Crippen LogP contribution in [0.3, 0.4) is 0 Å². The van der Waals surface area contributed by atoms with Crippen LogP contribution in [-0.2, 0) is 19.6 Å². The van der Waals surface area contributed by atoms with E-state index >= 15 is 0 Å². The molecule has 2 amide bonds. The molecule has 0 fully saturated rings. The van der Waals surface area contributed by atoms with Crippen molar-refractivity contribution in [2.45, 2.75) is 4.90 Å². The normalized spacial score (nSPS) is 10.4. The molecule has 0 aromatic heterocycles. The Bertz CT molecular complexity index is 1050. The third kappa shape index (κ3) is 6.46. The second-order valence-electron chi connectivity index (χ2n) is 5.50. The van der Waals surface area contributed by atoms with E-state index < -0.39 is 34.4 Å². The van der Waals surface area contributed by atoms with E-state index in [4.69, 9.17) is 11.2 Å². The first-order chi connectivity index (χ1) is 13.8. The van der Waals surface area contributed by atoms with E-state index in [2.05, 4.69) is 21.5 Å². The number of benzene rings is 2. The second-order valence-corrected chi connectivity index (χ2v) is 7.27. The number of hydrazine groups is 1. The van der Waals surface area contributed by atoms with Gasteiger partial charge >= 0.3 is 5.97 Å². The molecule has 0 saturated heterocycles. The van der Waals surface area contributed by atoms with Gasteiger partial charge in [0.05, 0.1) is 17.0 Å². The van der Waals surface area contributed by atoms with E-state index in [1.54, 1.807) is 30.3 Å². The van der Waals surface area contributed by atoms with Crippen LogP contribution in [0, 0.1) is 12.3 Å². The summed E-state index contributed by atoms with van der Waals surface area (Å²) in [6, 6.07) is 13.2. The zero-order valence-electron chi connectivity index (χ0n) is 15.0. The molecule has 2 aromatic rings. The van der Waals surface area contributed by atoms with Gasteiger partial charge in [-0.15, -0.1) is 6.42 Å². The Hall–Kier alpha value is -3.68. The first kappa shape index (κ1) is 21.6. The van der Waals surface area contributed by atoms with Crippen molar-refractivity contribution in [2.75, 3.05) is 13.2 Å². The van der Waals surface area contributed by atoms with E-state index in [-0.39, 0.29) is 17.0 Å². The lowest BCUT2D eigenvalue weighted by molar-refractivity contribution is -0.125. The van der Waals surface area contributed by atoms with Gasteiger partial charge in [-0.05, 0) is 30.3 Å². The molecule has 2 rings (SSSR count). The molecule has 0 atom stereocenters. The smallest absolute Gasteiger partial charge is 0.338 e. The first-order valence-corrected chi connectivity index (χ1v) is 9.66. The van der Waals surface area contributed by atoms with Crippen molar-refractivity contribution in [1.82, 2.24) is 15.6 Å². The van der Waals surface area contributed by atoms with E-state index in [0.717, 1.165) is 6.07 Å². The standard InChI is InChI=1S/C19H17N3O6S/c1-2-11-20-29(26,27)16-10-6-9-15(12-16)19(25)28-13-17(23)21-22-18(24)14-7-4-3-5-8-14/h1,3-10,12,20H,11,13H2,(H,21,23)(H,22,24). The lowest BCUT2D eigenvalue weighted by atomic mass is 10.2. The van der Waals surface area contributed by atoms with Gasteiger partial charge in [0.1, 0.15) is 0 Å². The Balaban J connectivity index is 1.89. The van der Waals surface area contributed by atoms with E-state index in [0.29, 0.717) is 5.56 Å². The highest BCUT2D eigenvalue weighted by Gasteiger charge is 2.17. The maximum absolute atomic E-state index is 12.1. The fraction of sp³-hybridized carbons (Fsp3) is 0.105. The van der Waals surface area contributed by atoms with Crippen molar-refractivity contribution in [3.63, 3.8) is 0 Å². The van der Waals surface area contributed by atoms with Gasteiger partial charge in [0.2, 0.25) is 10.0 Å². The molecular formula is C19H17N3O6S. The number of amides is 2. The molecule has 10 heteroatoms. The van der Waals surface area contributed by atoms with Gasteiger partial charge in [0.25, 0.3) is 11.8 Å². The summed E-state index contributed by atoms with van der Waals surface area (Å²) >= 11 is 0. The number of rotatable bonds is 7. The van der Waals surface area contributed by atoms with Crippen molar-refractivity contribution in [2.24, 2.45) is 0 Å². The highest BCUT2D eigenvalue weighted by Crippen LogP contribution is 2.12. The maximum atomic E-state index is 12.1. The van der Waals surface area contributed by atoms with Crippen LogP contribution in [0.25, 0.3) is 0 Å². The number of hydrogen-bond acceptors (Lipinski definition) is 6. The number of carbonyl (C=O) groups is 3. The lowest BCUT2D eigenvalue weighted by Gasteiger charge is -2.09. The molecule has 0 saturated carbocycles. The molecule has 9 nitrogen and oxygen atoms in total. The number of nitrogens with one attached hydrogen (secondary N) is 3. The molecule has 3 N–H and O–H groups in total. The Kier molecular flexibility index (Phi) is 7.47. The third-order valence-electron chi connectivity index (χ3n) is 3.43. The average molecular weight is 415 g/mol. The molecule has 0 heterocycles. The fourth-order valence-electron chi connectivity index (χ4n) is 2.05. The summed E-state index contributed by atoms with van der Waals surface area (Å²) in [5, 5.41) is 0. The number of esters is 1. The summed E-state index contributed by atoms with van der Waals surface area (Å²) in [5.41, 5.74) is 4.54. The minimum atomic E-state index is -3.88. The number of ether oxygens (including phenoxy) is 1. The summed E-state index contributed by atoms with van der Waals surface area (Å²) in [4.78, 5) is 35.4. The maximum Gasteiger partial charge on any atom is 0.338 e. The van der Waals surface area contributed by atoms with Gasteiger partial charge in [-0.1, -0.05) is 30.2 Å². The fourth-order valence-corrected chi connectivity index (χ4v) is 3.03. The molecule has 0 bridgehead atoms. The Morgan fingerprint density at radius 1 is 0.966 bits per heavy atom. The number of sulfonamides is 1. The predicted molar refractivity (Wildman–Crippen MR) is 103 cm³/mol. The van der Waals surface area contributed by atoms with E-state index in [1.807, 2.05) is 0 Å². The summed E-state index contributed by atoms with van der Waals surface area (Å²) in [7, 11) is -3.88. The molecular weight excluding hydrogens is 398 g/mol. The van der Waals surface area contributed by atoms with Crippen LogP contribution in [0.15, 0.2) is 59.5 Å². The van der Waals surface area contributed by atoms with E-state index in [9.17, 15) is 22.8 Å². The van der Waals surface area contributed by atoms with Crippen LogP contribution in [0.2, 0.25) is 0 Å². The highest BCUT2D eigenvalue weighted by atomic mass is 32.2. The zero-order valence-corrected chi connectivity index (χ0v) is 15.9. The molecule has 0 radical (unpaired) electrons. The Morgan fingerprint density at radius 3 is 2.34 bits per heavy atom. The molecule has 29 heavy (non-hydrogen) atoms. The highest BCUT2D eigenvalue weighted by molar-refractivity contribution is 7.89. The SMILES string of the molecule is C#CCNS(=O)(=O)c1cccc(C(=O)OCC(=O)NNC(=O)c2ccccc2)c1. The predicted octanol–water partition coefficient (Wildman–Crippen LogP) is 0.216. The van der Waals surface area contributed by atoms with Gasteiger partial charge in [0.15, 0.2) is 6.61 Å². The first-order valence-electron chi connectivity index (χ1n) is 8.18. The van der Waals surface area contributed by atoms with Crippen LogP contribution in [0.1, 0.15) is 20.7 Å². The molecule has 0 aliphatic heterocycles. The van der Waals surface area contributed by atoms with Crippen LogP contribution in [0.4, 0.5) is 0 Å². The van der Waals surface area contributed by atoms with Crippen molar-refractivity contribution in [1.29, 1.82) is 0 Å². The van der Waals surface area contributed by atoms with Crippen LogP contribution >= 0.6 is 0 Å². The quantitative estimate of drug-likeness (QED) is 0.337. The van der Waals surface area contributed by atoms with Crippen LogP contribution < -0.4 is 15.6 Å². The second kappa shape index (κ2) is 10.0. The van der Waals surface area contributed by atoms with Crippen molar-refractivity contribution < 1.29 is 27.5 Å². The van der Waals surface area contributed by atoms with Crippen molar-refractivity contribution in [3.8, 4) is 12.3 Å². The van der Waals surface area contributed by atoms with E-state index in [1.165, 1.54) is 18.2 Å². The van der Waals surface area contributed by atoms with Gasteiger partial charge in [0, 0.05) is 5.56 Å². The number of hydrogen-bond donors (Lipinski definition) is 3. The molecule has 0 aliphatic rings. The summed E-state index contributed by atoms with van der Waals surface area (Å²) in [5.74, 6) is -0.0907. The third-order valence-corrected chi connectivity index (χ3v) is 4.83. The summed E-state index contributed by atoms with van der Waals surface area (Å²) < 4.78 is 31.1. The topological polar surface area (TPSA) is 131 Å². The molecule has 0 unspecified atom stereocenters. The van der Waals surface area contributed by atoms with Crippen molar-refractivity contribution >= 4 is 27.8 Å². The van der Waals surface area contributed by atoms with Gasteiger partial charge in [-0.25, -0.2) is 13.2 Å². The summed E-state index contributed by atoms with van der Waals surface area (Å²) in [6.45, 7) is -0.883. The lowest BCUT2D eigenvalue weighted by Crippen LogP contribution is -2.43. The molecule has 2 aromatic carbocycles. The zero-order chi connectivity index (χ0) is 21.3. The number of terminal acetylenes is 1. The molecule has 0 spiro atoms. The molecule has 150 valence electrons. The average Bonchev–Trinajstić information content (AvgIpc) is 2.75. The van der Waals surface area contributed by atoms with Gasteiger partial charge < -0.3 is 4.74 Å². The van der Waals surface area contributed by atoms with Crippen LogP contribution in [0.5, 0.6) is 0 Å². The largest absolute Gasteiger partial charge is 0.452 e. The minimum Gasteiger partial charge on any atom is -0.452 e. The molecule has 0 aliphatic carbocycles. The summed E-state index contributed by atoms with van der Waals surface area (Å²) in [6.07, 6.45) is 5.02. The van der Waals surface area contributed by atoms with Gasteiger partial charge in [-0.3, -0.25) is 20.4 Å². The number of carbonyl (C=O) groups excluding carboxylic acids is 3. The van der Waals surface area contributed by atoms with Crippen molar-refractivity contribution in [3.05, 3.63) is 65.7 Å². The minimum absolute atomic E-state index is 0.0743. The Labute approximate surface area is 167 Å². The van der Waals surface area contributed by atoms with Crippen LogP contribution in [-0.4, -0.2) is 39.4 Å².